The van der Waals surface area contributed by atoms with Crippen LogP contribution in [0.15, 0.2) is 60.7 Å². The highest BCUT2D eigenvalue weighted by molar-refractivity contribution is 7.51. The Labute approximate surface area is 186 Å². The molecule has 0 bridgehead atoms. The summed E-state index contributed by atoms with van der Waals surface area (Å²) < 4.78 is 11.0. The molecule has 0 aliphatic heterocycles. The molecule has 3 nitrogen and oxygen atoms in total. The first-order chi connectivity index (χ1) is 15.0. The van der Waals surface area contributed by atoms with Gasteiger partial charge in [0.2, 0.25) is 0 Å². The fraction of sp³-hybridized carbons (Fsp3) is 0.407. The van der Waals surface area contributed by atoms with E-state index in [1.807, 2.05) is 0 Å². The van der Waals surface area contributed by atoms with Crippen molar-refractivity contribution in [2.75, 3.05) is 6.16 Å². The number of fused-ring (bicyclic) bond motifs is 1. The van der Waals surface area contributed by atoms with E-state index in [0.29, 0.717) is 6.42 Å². The molecular formula is C27H35O3P. The van der Waals surface area contributed by atoms with E-state index in [1.165, 1.54) is 58.7 Å². The van der Waals surface area contributed by atoms with Crippen LogP contribution in [0.3, 0.4) is 0 Å². The average molecular weight is 439 g/mol. The number of hydrogen-bond donors (Lipinski definition) is 2. The molecule has 2 N–H and O–H groups in total. The molecule has 0 radical (unpaired) electrons. The smallest absolute Gasteiger partial charge is 0.324 e. The topological polar surface area (TPSA) is 57.5 Å². The molecule has 0 atom stereocenters. The summed E-state index contributed by atoms with van der Waals surface area (Å²) in [4.78, 5) is 18.0. The second-order valence-electron chi connectivity index (χ2n) is 8.52. The van der Waals surface area contributed by atoms with Crippen LogP contribution in [0.4, 0.5) is 0 Å². The summed E-state index contributed by atoms with van der Waals surface area (Å²) in [6, 6.07) is 22.0. The van der Waals surface area contributed by atoms with Crippen molar-refractivity contribution in [3.8, 4) is 11.1 Å². The Morgan fingerprint density at radius 3 is 2.10 bits per heavy atom. The lowest BCUT2D eigenvalue weighted by atomic mass is 9.92. The zero-order chi connectivity index (χ0) is 22.1. The maximum Gasteiger partial charge on any atom is 0.325 e. The predicted octanol–water partition coefficient (Wildman–Crippen LogP) is 7.52. The van der Waals surface area contributed by atoms with Gasteiger partial charge in [-0.1, -0.05) is 93.3 Å². The first-order valence-corrected chi connectivity index (χ1v) is 13.4. The van der Waals surface area contributed by atoms with Gasteiger partial charge in [0, 0.05) is 6.16 Å². The van der Waals surface area contributed by atoms with Gasteiger partial charge in [0.25, 0.3) is 0 Å². The third kappa shape index (κ3) is 7.31. The fourth-order valence-corrected chi connectivity index (χ4v) is 4.88. The minimum Gasteiger partial charge on any atom is -0.324 e. The maximum atomic E-state index is 11.0. The predicted molar refractivity (Wildman–Crippen MR) is 132 cm³/mol. The highest BCUT2D eigenvalue weighted by Gasteiger charge is 2.12. The van der Waals surface area contributed by atoms with E-state index in [9.17, 15) is 4.57 Å². The van der Waals surface area contributed by atoms with Gasteiger partial charge in [-0.25, -0.2) is 0 Å². The molecule has 0 saturated carbocycles. The van der Waals surface area contributed by atoms with Gasteiger partial charge in [-0.2, -0.15) is 0 Å². The van der Waals surface area contributed by atoms with E-state index >= 15 is 0 Å². The van der Waals surface area contributed by atoms with Crippen molar-refractivity contribution in [2.45, 2.75) is 64.7 Å². The van der Waals surface area contributed by atoms with Gasteiger partial charge < -0.3 is 9.79 Å². The Morgan fingerprint density at radius 2 is 1.39 bits per heavy atom. The third-order valence-corrected chi connectivity index (χ3v) is 6.89. The average Bonchev–Trinajstić information content (AvgIpc) is 2.76. The van der Waals surface area contributed by atoms with Gasteiger partial charge >= 0.3 is 7.60 Å². The lowest BCUT2D eigenvalue weighted by molar-refractivity contribution is 0.371. The van der Waals surface area contributed by atoms with E-state index in [-0.39, 0.29) is 6.16 Å². The van der Waals surface area contributed by atoms with Gasteiger partial charge in [-0.05, 0) is 65.1 Å². The van der Waals surface area contributed by atoms with Crippen LogP contribution in [0.5, 0.6) is 0 Å². The first-order valence-electron chi connectivity index (χ1n) is 11.6. The van der Waals surface area contributed by atoms with Crippen LogP contribution in [-0.4, -0.2) is 15.9 Å². The molecule has 0 spiro atoms. The summed E-state index contributed by atoms with van der Waals surface area (Å²) in [5.74, 6) is 0. The molecule has 0 aliphatic rings. The molecule has 0 saturated heterocycles. The number of rotatable bonds is 12. The van der Waals surface area contributed by atoms with Crippen molar-refractivity contribution >= 4 is 18.4 Å². The van der Waals surface area contributed by atoms with Gasteiger partial charge in [0.1, 0.15) is 0 Å². The molecule has 0 unspecified atom stereocenters. The van der Waals surface area contributed by atoms with Gasteiger partial charge in [0.05, 0.1) is 0 Å². The highest BCUT2D eigenvalue weighted by atomic mass is 31.2. The van der Waals surface area contributed by atoms with E-state index in [1.54, 1.807) is 0 Å². The molecule has 0 aromatic heterocycles. The Kier molecular flexibility index (Phi) is 8.90. The number of unbranched alkanes of at least 4 members (excludes halogenated alkanes) is 5. The summed E-state index contributed by atoms with van der Waals surface area (Å²) in [6.07, 6.45) is 9.59. The van der Waals surface area contributed by atoms with E-state index in [0.717, 1.165) is 25.7 Å². The summed E-state index contributed by atoms with van der Waals surface area (Å²) in [7, 11) is -3.87. The van der Waals surface area contributed by atoms with Crippen molar-refractivity contribution in [3.05, 3.63) is 71.8 Å². The SMILES string of the molecule is CCCCCCc1ccc(-c2ccc(CCCCCP(=O)(O)O)c3ccccc23)cc1. The fourth-order valence-electron chi connectivity index (χ4n) is 4.25. The van der Waals surface area contributed by atoms with E-state index < -0.39 is 7.60 Å². The summed E-state index contributed by atoms with van der Waals surface area (Å²) in [6.45, 7) is 2.25. The van der Waals surface area contributed by atoms with Gasteiger partial charge in [-0.15, -0.1) is 0 Å². The minimum absolute atomic E-state index is 0.0126. The molecule has 0 amide bonds. The van der Waals surface area contributed by atoms with Crippen molar-refractivity contribution in [1.82, 2.24) is 0 Å². The summed E-state index contributed by atoms with van der Waals surface area (Å²) in [5.41, 5.74) is 5.24. The molecule has 0 fully saturated rings. The first kappa shape index (κ1) is 23.7. The molecule has 31 heavy (non-hydrogen) atoms. The summed E-state index contributed by atoms with van der Waals surface area (Å²) in [5, 5.41) is 2.55. The Bertz CT molecular complexity index is 1000. The molecule has 3 aromatic carbocycles. The number of hydrogen-bond acceptors (Lipinski definition) is 1. The molecule has 3 rings (SSSR count). The van der Waals surface area contributed by atoms with E-state index in [2.05, 4.69) is 67.6 Å². The normalized spacial score (nSPS) is 11.8. The highest BCUT2D eigenvalue weighted by Crippen LogP contribution is 2.36. The lowest BCUT2D eigenvalue weighted by Crippen LogP contribution is -1.93. The van der Waals surface area contributed by atoms with Crippen molar-refractivity contribution in [3.63, 3.8) is 0 Å². The van der Waals surface area contributed by atoms with Crippen LogP contribution < -0.4 is 0 Å². The second kappa shape index (κ2) is 11.6. The molecular weight excluding hydrogens is 403 g/mol. The van der Waals surface area contributed by atoms with Crippen molar-refractivity contribution in [2.24, 2.45) is 0 Å². The van der Waals surface area contributed by atoms with Crippen LogP contribution in [0.2, 0.25) is 0 Å². The second-order valence-corrected chi connectivity index (χ2v) is 10.3. The van der Waals surface area contributed by atoms with Crippen LogP contribution in [0.1, 0.15) is 63.0 Å². The molecule has 0 aliphatic carbocycles. The molecule has 4 heteroatoms. The van der Waals surface area contributed by atoms with Crippen molar-refractivity contribution in [1.29, 1.82) is 0 Å². The Balaban J connectivity index is 1.70. The minimum atomic E-state index is -3.87. The van der Waals surface area contributed by atoms with Crippen LogP contribution in [0.25, 0.3) is 21.9 Å². The van der Waals surface area contributed by atoms with Crippen LogP contribution in [-0.2, 0) is 17.4 Å². The van der Waals surface area contributed by atoms with Crippen LogP contribution in [0, 0.1) is 0 Å². The maximum absolute atomic E-state index is 11.0. The Morgan fingerprint density at radius 1 is 0.710 bits per heavy atom. The van der Waals surface area contributed by atoms with Crippen molar-refractivity contribution < 1.29 is 14.4 Å². The zero-order valence-corrected chi connectivity index (χ0v) is 19.5. The number of benzene rings is 3. The standard InChI is InChI=1S/C27H35O3P/c1-2-3-4-6-11-22-15-17-24(18-16-22)26-20-19-23(25-13-8-9-14-27(25)26)12-7-5-10-21-31(28,29)30/h8-9,13-20H,2-7,10-12,21H2,1H3,(H2,28,29,30). The van der Waals surface area contributed by atoms with Gasteiger partial charge in [-0.3, -0.25) is 4.57 Å². The quantitative estimate of drug-likeness (QED) is 0.227. The zero-order valence-electron chi connectivity index (χ0n) is 18.6. The van der Waals surface area contributed by atoms with Gasteiger partial charge in [0.15, 0.2) is 0 Å². The van der Waals surface area contributed by atoms with Crippen LogP contribution >= 0.6 is 7.60 Å². The molecule has 3 aromatic rings. The molecule has 0 heterocycles. The Hall–Kier alpha value is -1.93. The summed E-state index contributed by atoms with van der Waals surface area (Å²) >= 11 is 0. The third-order valence-electron chi connectivity index (χ3n) is 5.99. The number of aryl methyl sites for hydroxylation is 2. The lowest BCUT2D eigenvalue weighted by Gasteiger charge is -2.12. The molecule has 166 valence electrons. The largest absolute Gasteiger partial charge is 0.325 e. The monoisotopic (exact) mass is 438 g/mol. The van der Waals surface area contributed by atoms with E-state index in [4.69, 9.17) is 9.79 Å².